The molecule has 13 heavy (non-hydrogen) atoms. The van der Waals surface area contributed by atoms with E-state index in [1.807, 2.05) is 13.8 Å². The standard InChI is InChI=1S/C11H18N2/c1-4-6-11-8-12-10(3)9-13(11)7-5-2/h4-8,10,12H,9H2,1-3H3/b6-4-,7-5-. The molecule has 1 unspecified atom stereocenters. The lowest BCUT2D eigenvalue weighted by Crippen LogP contribution is -2.38. The molecule has 0 amide bonds. The highest BCUT2D eigenvalue weighted by Crippen LogP contribution is 2.11. The first-order valence-electron chi connectivity index (χ1n) is 4.76. The number of nitrogens with one attached hydrogen (secondary N) is 1. The van der Waals surface area contributed by atoms with Gasteiger partial charge in [-0.25, -0.2) is 0 Å². The Balaban J connectivity index is 2.76. The van der Waals surface area contributed by atoms with Crippen LogP contribution in [0.1, 0.15) is 20.8 Å². The second-order valence-corrected chi connectivity index (χ2v) is 3.27. The molecule has 0 aliphatic carbocycles. The van der Waals surface area contributed by atoms with Gasteiger partial charge in [-0.3, -0.25) is 0 Å². The van der Waals surface area contributed by atoms with E-state index in [0.29, 0.717) is 6.04 Å². The minimum Gasteiger partial charge on any atom is -0.385 e. The minimum absolute atomic E-state index is 0.519. The number of nitrogens with zero attached hydrogens (tertiary/aromatic N) is 1. The maximum absolute atomic E-state index is 3.32. The first kappa shape index (κ1) is 9.90. The molecule has 0 saturated carbocycles. The van der Waals surface area contributed by atoms with Crippen molar-refractivity contribution in [3.8, 4) is 0 Å². The van der Waals surface area contributed by atoms with Crippen LogP contribution in [0.2, 0.25) is 0 Å². The van der Waals surface area contributed by atoms with Gasteiger partial charge < -0.3 is 10.2 Å². The average molecular weight is 178 g/mol. The molecule has 1 N–H and O–H groups in total. The molecule has 2 heteroatoms. The molecule has 0 aromatic heterocycles. The Kier molecular flexibility index (Phi) is 3.62. The Bertz CT molecular complexity index is 238. The van der Waals surface area contributed by atoms with E-state index in [-0.39, 0.29) is 0 Å². The summed E-state index contributed by atoms with van der Waals surface area (Å²) in [6.45, 7) is 7.28. The zero-order valence-corrected chi connectivity index (χ0v) is 8.62. The van der Waals surface area contributed by atoms with Crippen molar-refractivity contribution in [1.82, 2.24) is 10.2 Å². The van der Waals surface area contributed by atoms with Gasteiger partial charge in [0.15, 0.2) is 0 Å². The van der Waals surface area contributed by atoms with Gasteiger partial charge in [-0.2, -0.15) is 0 Å². The summed E-state index contributed by atoms with van der Waals surface area (Å²) in [4.78, 5) is 2.25. The lowest BCUT2D eigenvalue weighted by atomic mass is 10.2. The van der Waals surface area contributed by atoms with Crippen LogP contribution in [0.15, 0.2) is 36.3 Å². The molecular weight excluding hydrogens is 160 g/mol. The minimum atomic E-state index is 0.519. The predicted octanol–water partition coefficient (Wildman–Crippen LogP) is 2.23. The molecule has 0 bridgehead atoms. The third-order valence-electron chi connectivity index (χ3n) is 1.98. The fraction of sp³-hybridized carbons (Fsp3) is 0.455. The number of hydrogen-bond donors (Lipinski definition) is 1. The molecule has 1 aliphatic heterocycles. The Morgan fingerprint density at radius 1 is 1.46 bits per heavy atom. The van der Waals surface area contributed by atoms with E-state index in [9.17, 15) is 0 Å². The van der Waals surface area contributed by atoms with E-state index in [2.05, 4.69) is 47.8 Å². The van der Waals surface area contributed by atoms with Gasteiger partial charge in [0.05, 0.1) is 5.70 Å². The smallest absolute Gasteiger partial charge is 0.0563 e. The Hall–Kier alpha value is -1.18. The third-order valence-corrected chi connectivity index (χ3v) is 1.98. The lowest BCUT2D eigenvalue weighted by molar-refractivity contribution is 0.387. The van der Waals surface area contributed by atoms with Crippen molar-refractivity contribution in [2.24, 2.45) is 0 Å². The molecule has 72 valence electrons. The van der Waals surface area contributed by atoms with Crippen molar-refractivity contribution in [3.05, 3.63) is 36.3 Å². The molecule has 1 atom stereocenters. The number of allylic oxidation sites excluding steroid dienone is 3. The molecule has 2 nitrogen and oxygen atoms in total. The van der Waals surface area contributed by atoms with Crippen LogP contribution in [-0.4, -0.2) is 17.5 Å². The highest BCUT2D eigenvalue weighted by atomic mass is 15.2. The molecule has 1 aliphatic rings. The van der Waals surface area contributed by atoms with Crippen LogP contribution >= 0.6 is 0 Å². The van der Waals surface area contributed by atoms with Gasteiger partial charge in [0.1, 0.15) is 0 Å². The van der Waals surface area contributed by atoms with Crippen LogP contribution in [0.3, 0.4) is 0 Å². The van der Waals surface area contributed by atoms with Gasteiger partial charge in [0, 0.05) is 18.8 Å². The second-order valence-electron chi connectivity index (χ2n) is 3.27. The van der Waals surface area contributed by atoms with Crippen LogP contribution in [0.4, 0.5) is 0 Å². The molecule has 1 rings (SSSR count). The molecule has 0 spiro atoms. The van der Waals surface area contributed by atoms with Gasteiger partial charge in [-0.15, -0.1) is 0 Å². The number of rotatable bonds is 2. The quantitative estimate of drug-likeness (QED) is 0.697. The van der Waals surface area contributed by atoms with Crippen LogP contribution in [-0.2, 0) is 0 Å². The monoisotopic (exact) mass is 178 g/mol. The molecule has 0 radical (unpaired) electrons. The van der Waals surface area contributed by atoms with Gasteiger partial charge in [0.25, 0.3) is 0 Å². The second kappa shape index (κ2) is 4.75. The van der Waals surface area contributed by atoms with E-state index < -0.39 is 0 Å². The highest BCUT2D eigenvalue weighted by molar-refractivity contribution is 5.21. The summed E-state index contributed by atoms with van der Waals surface area (Å²) in [7, 11) is 0. The molecule has 0 saturated heterocycles. The Morgan fingerprint density at radius 3 is 2.85 bits per heavy atom. The van der Waals surface area contributed by atoms with Gasteiger partial charge in [-0.1, -0.05) is 12.2 Å². The summed E-state index contributed by atoms with van der Waals surface area (Å²) in [5, 5.41) is 3.32. The Labute approximate surface area is 80.6 Å². The van der Waals surface area contributed by atoms with E-state index in [0.717, 1.165) is 6.54 Å². The zero-order valence-electron chi connectivity index (χ0n) is 8.62. The SMILES string of the molecule is C/C=C\C1=CNC(C)CN1/C=C\C. The van der Waals surface area contributed by atoms with E-state index in [1.54, 1.807) is 0 Å². The third kappa shape index (κ3) is 2.65. The first-order chi connectivity index (χ1) is 6.27. The number of hydrogen-bond acceptors (Lipinski definition) is 2. The van der Waals surface area contributed by atoms with Crippen LogP contribution in [0.25, 0.3) is 0 Å². The fourth-order valence-electron chi connectivity index (χ4n) is 1.41. The summed E-state index contributed by atoms with van der Waals surface area (Å²) in [5.74, 6) is 0. The van der Waals surface area contributed by atoms with Crippen molar-refractivity contribution in [1.29, 1.82) is 0 Å². The van der Waals surface area contributed by atoms with Crippen LogP contribution < -0.4 is 5.32 Å². The largest absolute Gasteiger partial charge is 0.385 e. The first-order valence-corrected chi connectivity index (χ1v) is 4.76. The molecule has 0 aromatic carbocycles. The summed E-state index contributed by atoms with van der Waals surface area (Å²) >= 11 is 0. The van der Waals surface area contributed by atoms with E-state index >= 15 is 0 Å². The maximum atomic E-state index is 3.32. The summed E-state index contributed by atoms with van der Waals surface area (Å²) < 4.78 is 0. The van der Waals surface area contributed by atoms with Gasteiger partial charge >= 0.3 is 0 Å². The predicted molar refractivity (Wildman–Crippen MR) is 57.0 cm³/mol. The fourth-order valence-corrected chi connectivity index (χ4v) is 1.41. The van der Waals surface area contributed by atoms with Crippen molar-refractivity contribution >= 4 is 0 Å². The highest BCUT2D eigenvalue weighted by Gasteiger charge is 2.12. The molecule has 0 fully saturated rings. The van der Waals surface area contributed by atoms with E-state index in [4.69, 9.17) is 0 Å². The average Bonchev–Trinajstić information content (AvgIpc) is 2.10. The molecule has 1 heterocycles. The zero-order chi connectivity index (χ0) is 9.68. The van der Waals surface area contributed by atoms with Gasteiger partial charge in [0.2, 0.25) is 0 Å². The van der Waals surface area contributed by atoms with Crippen molar-refractivity contribution in [2.45, 2.75) is 26.8 Å². The summed E-state index contributed by atoms with van der Waals surface area (Å²) in [6, 6.07) is 0.519. The maximum Gasteiger partial charge on any atom is 0.0563 e. The van der Waals surface area contributed by atoms with E-state index in [1.165, 1.54) is 5.70 Å². The summed E-state index contributed by atoms with van der Waals surface area (Å²) in [5.41, 5.74) is 1.22. The summed E-state index contributed by atoms with van der Waals surface area (Å²) in [6.07, 6.45) is 10.4. The van der Waals surface area contributed by atoms with Crippen LogP contribution in [0.5, 0.6) is 0 Å². The molecule has 0 aromatic rings. The van der Waals surface area contributed by atoms with Crippen molar-refractivity contribution in [2.75, 3.05) is 6.54 Å². The molecular formula is C11H18N2. The van der Waals surface area contributed by atoms with Crippen molar-refractivity contribution in [3.63, 3.8) is 0 Å². The normalized spacial score (nSPS) is 23.8. The Morgan fingerprint density at radius 2 is 2.23 bits per heavy atom. The van der Waals surface area contributed by atoms with Crippen LogP contribution in [0, 0.1) is 0 Å². The van der Waals surface area contributed by atoms with Crippen molar-refractivity contribution < 1.29 is 0 Å². The lowest BCUT2D eigenvalue weighted by Gasteiger charge is -2.30. The van der Waals surface area contributed by atoms with Gasteiger partial charge in [-0.05, 0) is 33.0 Å². The topological polar surface area (TPSA) is 15.3 Å².